The summed E-state index contributed by atoms with van der Waals surface area (Å²) in [7, 11) is -6.33. The quantitative estimate of drug-likeness (QED) is 0.491. The number of aromatic nitrogens is 2. The van der Waals surface area contributed by atoms with Gasteiger partial charge in [0.25, 0.3) is 15.7 Å². The lowest BCUT2D eigenvalue weighted by Crippen LogP contribution is -2.37. The van der Waals surface area contributed by atoms with Gasteiger partial charge in [-0.15, -0.1) is 0 Å². The molecule has 1 aromatic heterocycles. The molecule has 1 aliphatic heterocycles. The van der Waals surface area contributed by atoms with Gasteiger partial charge in [-0.3, -0.25) is 10.1 Å². The highest BCUT2D eigenvalue weighted by atomic mass is 32.2. The zero-order chi connectivity index (χ0) is 21.4. The number of nitro groups is 1. The highest BCUT2D eigenvalue weighted by Gasteiger charge is 2.35. The highest BCUT2D eigenvalue weighted by molar-refractivity contribution is 7.89. The van der Waals surface area contributed by atoms with Crippen LogP contribution in [0.4, 0.5) is 5.69 Å². The fourth-order valence-corrected chi connectivity index (χ4v) is 6.22. The van der Waals surface area contributed by atoms with Crippen LogP contribution in [0.1, 0.15) is 12.2 Å². The average molecular weight is 444 g/mol. The number of rotatable bonds is 5. The molecule has 0 radical (unpaired) electrons. The first-order valence-electron chi connectivity index (χ1n) is 8.79. The maximum Gasteiger partial charge on any atom is 0.289 e. The third kappa shape index (κ3) is 4.03. The summed E-state index contributed by atoms with van der Waals surface area (Å²) in [5.41, 5.74) is -0.509. The zero-order valence-corrected chi connectivity index (χ0v) is 17.6. The van der Waals surface area contributed by atoms with Crippen LogP contribution in [0, 0.1) is 17.0 Å². The lowest BCUT2D eigenvalue weighted by atomic mass is 10.3. The smallest absolute Gasteiger partial charge is 0.289 e. The molecule has 0 bridgehead atoms. The molecule has 0 unspecified atom stereocenters. The van der Waals surface area contributed by atoms with E-state index in [2.05, 4.69) is 4.98 Å². The maximum atomic E-state index is 13.0. The van der Waals surface area contributed by atoms with E-state index in [1.807, 2.05) is 0 Å². The molecule has 1 saturated heterocycles. The van der Waals surface area contributed by atoms with Crippen molar-refractivity contribution in [3.63, 3.8) is 0 Å². The van der Waals surface area contributed by atoms with Crippen molar-refractivity contribution in [1.29, 1.82) is 0 Å². The molecule has 2 heterocycles. The Morgan fingerprint density at radius 2 is 1.59 bits per heavy atom. The van der Waals surface area contributed by atoms with Crippen molar-refractivity contribution in [1.82, 2.24) is 18.2 Å². The van der Waals surface area contributed by atoms with E-state index in [1.165, 1.54) is 28.7 Å². The van der Waals surface area contributed by atoms with E-state index in [4.69, 9.17) is 0 Å². The van der Waals surface area contributed by atoms with Crippen LogP contribution in [0.5, 0.6) is 0 Å². The SMILES string of the molecule is Cc1nc(S(=O)(=O)N2CCCN(S(=O)(=O)c3ccccc3[N+](=O)[O-])CC2)cn1C. The van der Waals surface area contributed by atoms with Gasteiger partial charge in [0.05, 0.1) is 4.92 Å². The summed E-state index contributed by atoms with van der Waals surface area (Å²) in [4.78, 5) is 14.1. The minimum absolute atomic E-state index is 0.0572. The van der Waals surface area contributed by atoms with Crippen molar-refractivity contribution in [3.8, 4) is 0 Å². The van der Waals surface area contributed by atoms with Crippen molar-refractivity contribution in [2.24, 2.45) is 7.05 Å². The predicted octanol–water partition coefficient (Wildman–Crippen LogP) is 0.722. The number of imidazole rings is 1. The van der Waals surface area contributed by atoms with Crippen molar-refractivity contribution in [2.75, 3.05) is 26.2 Å². The maximum absolute atomic E-state index is 13.0. The molecule has 0 spiro atoms. The standard InChI is InChI=1S/C16H21N5O6S2/c1-13-17-16(12-18(13)2)29(26,27)20-9-5-8-19(10-11-20)28(24,25)15-7-4-3-6-14(15)21(22)23/h3-4,6-7,12H,5,8-11H2,1-2H3. The van der Waals surface area contributed by atoms with Crippen LogP contribution in [-0.4, -0.2) is 66.1 Å². The molecular formula is C16H21N5O6S2. The summed E-state index contributed by atoms with van der Waals surface area (Å²) in [6.07, 6.45) is 1.67. The second-order valence-electron chi connectivity index (χ2n) is 6.62. The van der Waals surface area contributed by atoms with Gasteiger partial charge in [-0.05, 0) is 19.4 Å². The Morgan fingerprint density at radius 3 is 2.14 bits per heavy atom. The number of hydrogen-bond donors (Lipinski definition) is 0. The van der Waals surface area contributed by atoms with Crippen molar-refractivity contribution < 1.29 is 21.8 Å². The molecule has 0 N–H and O–H groups in total. The monoisotopic (exact) mass is 443 g/mol. The van der Waals surface area contributed by atoms with E-state index in [0.29, 0.717) is 5.82 Å². The van der Waals surface area contributed by atoms with Crippen LogP contribution in [0.15, 0.2) is 40.4 Å². The number of aryl methyl sites for hydroxylation is 2. The highest BCUT2D eigenvalue weighted by Crippen LogP contribution is 2.27. The minimum Gasteiger partial charge on any atom is -0.337 e. The molecule has 0 aliphatic carbocycles. The molecule has 0 saturated carbocycles. The van der Waals surface area contributed by atoms with Gasteiger partial charge in [0, 0.05) is 45.5 Å². The largest absolute Gasteiger partial charge is 0.337 e. The summed E-state index contributed by atoms with van der Waals surface area (Å²) in [6.45, 7) is 1.68. The van der Waals surface area contributed by atoms with E-state index in [1.54, 1.807) is 18.5 Å². The molecule has 0 amide bonds. The third-order valence-corrected chi connectivity index (χ3v) is 8.50. The second kappa shape index (κ2) is 7.82. The lowest BCUT2D eigenvalue weighted by Gasteiger charge is -2.21. The van der Waals surface area contributed by atoms with Gasteiger partial charge in [0.15, 0.2) is 9.92 Å². The molecule has 11 nitrogen and oxygen atoms in total. The number of hydrogen-bond acceptors (Lipinski definition) is 7. The first-order valence-corrected chi connectivity index (χ1v) is 11.7. The summed E-state index contributed by atoms with van der Waals surface area (Å²) in [6, 6.07) is 5.12. The molecule has 29 heavy (non-hydrogen) atoms. The summed E-state index contributed by atoms with van der Waals surface area (Å²) >= 11 is 0. The van der Waals surface area contributed by atoms with Gasteiger partial charge in [-0.1, -0.05) is 12.1 Å². The van der Waals surface area contributed by atoms with Crippen LogP contribution in [-0.2, 0) is 27.1 Å². The van der Waals surface area contributed by atoms with E-state index < -0.39 is 35.6 Å². The lowest BCUT2D eigenvalue weighted by molar-refractivity contribution is -0.387. The normalized spacial score (nSPS) is 17.2. The van der Waals surface area contributed by atoms with Gasteiger partial charge < -0.3 is 4.57 Å². The Hall–Kier alpha value is -2.35. The molecule has 1 aromatic carbocycles. The molecule has 13 heteroatoms. The first kappa shape index (κ1) is 21.4. The van der Waals surface area contributed by atoms with Crippen LogP contribution < -0.4 is 0 Å². The Bertz CT molecular complexity index is 1120. The third-order valence-electron chi connectivity index (χ3n) is 4.78. The molecule has 158 valence electrons. The van der Waals surface area contributed by atoms with Crippen LogP contribution in [0.25, 0.3) is 0 Å². The number of sulfonamides is 2. The summed E-state index contributed by atoms with van der Waals surface area (Å²) in [5.74, 6) is 0.541. The van der Waals surface area contributed by atoms with E-state index in [0.717, 1.165) is 10.4 Å². The minimum atomic E-state index is -4.15. The Kier molecular flexibility index (Phi) is 5.76. The van der Waals surface area contributed by atoms with Gasteiger partial charge in [-0.25, -0.2) is 21.8 Å². The van der Waals surface area contributed by atoms with Gasteiger partial charge >= 0.3 is 0 Å². The van der Waals surface area contributed by atoms with Crippen LogP contribution in [0.2, 0.25) is 0 Å². The summed E-state index contributed by atoms with van der Waals surface area (Å²) in [5, 5.41) is 11.1. The molecular weight excluding hydrogens is 422 g/mol. The Balaban J connectivity index is 1.85. The Morgan fingerprint density at radius 1 is 1.00 bits per heavy atom. The molecule has 3 rings (SSSR count). The number of nitrogens with zero attached hydrogens (tertiary/aromatic N) is 5. The van der Waals surface area contributed by atoms with E-state index in [9.17, 15) is 26.9 Å². The van der Waals surface area contributed by atoms with E-state index >= 15 is 0 Å². The fraction of sp³-hybridized carbons (Fsp3) is 0.438. The van der Waals surface area contributed by atoms with Crippen molar-refractivity contribution >= 4 is 25.7 Å². The topological polar surface area (TPSA) is 136 Å². The molecule has 1 aliphatic rings. The number of nitro benzene ring substituents is 1. The van der Waals surface area contributed by atoms with Gasteiger partial charge in [0.1, 0.15) is 5.82 Å². The van der Waals surface area contributed by atoms with Gasteiger partial charge in [0.2, 0.25) is 10.0 Å². The summed E-state index contributed by atoms with van der Waals surface area (Å²) < 4.78 is 55.6. The van der Waals surface area contributed by atoms with E-state index in [-0.39, 0.29) is 37.6 Å². The van der Waals surface area contributed by atoms with Crippen LogP contribution >= 0.6 is 0 Å². The van der Waals surface area contributed by atoms with Crippen molar-refractivity contribution in [2.45, 2.75) is 23.3 Å². The number of para-hydroxylation sites is 1. The zero-order valence-electron chi connectivity index (χ0n) is 15.9. The number of benzene rings is 1. The molecule has 0 atom stereocenters. The average Bonchev–Trinajstić information content (AvgIpc) is 2.87. The van der Waals surface area contributed by atoms with Crippen LogP contribution in [0.3, 0.4) is 0 Å². The molecule has 2 aromatic rings. The second-order valence-corrected chi connectivity index (χ2v) is 10.4. The molecule has 1 fully saturated rings. The predicted molar refractivity (Wildman–Crippen MR) is 103 cm³/mol. The fourth-order valence-electron chi connectivity index (χ4n) is 3.10. The van der Waals surface area contributed by atoms with Gasteiger partial charge in [-0.2, -0.15) is 8.61 Å². The Labute approximate surface area is 168 Å². The first-order chi connectivity index (χ1) is 13.5. The van der Waals surface area contributed by atoms with Crippen molar-refractivity contribution in [3.05, 3.63) is 46.4 Å².